The van der Waals surface area contributed by atoms with Crippen molar-refractivity contribution in [1.82, 2.24) is 45.3 Å². The van der Waals surface area contributed by atoms with E-state index in [1.54, 1.807) is 29.4 Å². The van der Waals surface area contributed by atoms with E-state index in [9.17, 15) is 58.5 Å². The van der Waals surface area contributed by atoms with Crippen LogP contribution in [0.5, 0.6) is 0 Å². The number of nitrogens with one attached hydrogen (secondary N) is 3. The zero-order chi connectivity index (χ0) is 86.4. The fourth-order valence-corrected chi connectivity index (χ4v) is 15.3. The Bertz CT molecular complexity index is 3810. The highest BCUT2D eigenvalue weighted by atomic mass is 35.5. The largest absolute Gasteiger partial charge is 0.449 e. The number of halogens is 2. The predicted octanol–water partition coefficient (Wildman–Crippen LogP) is 14.3. The first-order chi connectivity index (χ1) is 57.4. The van der Waals surface area contributed by atoms with Crippen molar-refractivity contribution in [2.75, 3.05) is 98.2 Å². The van der Waals surface area contributed by atoms with Gasteiger partial charge in [-0.3, -0.25) is 9.59 Å². The average molecular weight is 1720 g/mol. The van der Waals surface area contributed by atoms with Crippen molar-refractivity contribution < 1.29 is 91.6 Å². The fourth-order valence-electron chi connectivity index (χ4n) is 15.2. The van der Waals surface area contributed by atoms with E-state index in [1.807, 2.05) is 193 Å². The molecule has 5 aromatic carbocycles. The van der Waals surface area contributed by atoms with Gasteiger partial charge in [-0.25, -0.2) is 33.6 Å². The van der Waals surface area contributed by atoms with Gasteiger partial charge in [-0.1, -0.05) is 152 Å². The second-order valence-electron chi connectivity index (χ2n) is 33.6. The third kappa shape index (κ3) is 35.3. The third-order valence-corrected chi connectivity index (χ3v) is 22.2. The van der Waals surface area contributed by atoms with Gasteiger partial charge in [0.25, 0.3) is 0 Å². The Hall–Kier alpha value is -9.13. The molecule has 0 bridgehead atoms. The highest BCUT2D eigenvalue weighted by Crippen LogP contribution is 2.37. The molecule has 0 saturated carbocycles. The molecule has 9 aliphatic heterocycles. The smallest absolute Gasteiger partial charge is 0.410 e. The maximum Gasteiger partial charge on any atom is 0.410 e. The molecule has 28 nitrogen and oxygen atoms in total. The van der Waals surface area contributed by atoms with Crippen LogP contribution in [0.3, 0.4) is 0 Å². The van der Waals surface area contributed by atoms with Crippen molar-refractivity contribution in [2.24, 2.45) is 0 Å². The van der Waals surface area contributed by atoms with Crippen LogP contribution in [-0.2, 0) is 75.8 Å². The number of Topliss-reactive ketones (excluding diaryl/α,β-unsaturated/α-hetero) is 2. The number of likely N-dealkylation sites (tertiary alicyclic amines) is 6. The van der Waals surface area contributed by atoms with E-state index in [4.69, 9.17) is 40.0 Å². The van der Waals surface area contributed by atoms with E-state index in [-0.39, 0.29) is 98.3 Å². The fraction of sp³-hybridized carbons (Fsp3) is 0.571. The van der Waals surface area contributed by atoms with Gasteiger partial charge in [0.15, 0.2) is 0 Å². The quantitative estimate of drug-likeness (QED) is 0.0471. The van der Waals surface area contributed by atoms with Gasteiger partial charge < -0.3 is 93.8 Å². The van der Waals surface area contributed by atoms with E-state index >= 15 is 0 Å². The molecular weight excluding hydrogens is 1590 g/mol. The number of ether oxygens (including phenoxy) is 7. The number of ketones is 2. The number of rotatable bonds is 13. The van der Waals surface area contributed by atoms with E-state index in [2.05, 4.69) is 20.7 Å². The standard InChI is InChI=1S/C22H32N2O5.2C17H24N2O3.C13H15NO3.C9H17NO2.C8H7ClO2.C5H9NO.ClH/c1-21(2,3)29-20(26)24-13-7-10-18(24)22(27)11-14-23(15-12-22)19(25)28-16-17-8-5-4-6-9-17;2*20-16(22-13-14-5-2-1-3-6-14)19-11-8-17(21,9-12-19)15-7-4-10-18-15;15-12-6-8-14(9-7-12)13(16)17-10-11-4-2-1-3-5-11;1-9(2,3)12-8(11)10-6-4-5-7-10;9-8(10)11-6-7-4-2-1-3-5-7;7-5-1-3-6-4-2-5;/h4-6,8-9,18,27H,7,10-16H2,1-3H3;2*1-3,5-6,15,18,21H,4,7-13H2;1-5H,6-10H2;4-7H2,1-3H3;1-5H,6H2;6H,1-4H2;1H. The topological polar surface area (TPSA) is 334 Å². The van der Waals surface area contributed by atoms with E-state index < -0.39 is 27.8 Å². The maximum atomic E-state index is 12.6. The number of carbonyl (C=O) groups excluding carboxylic acids is 9. The number of amides is 6. The number of aliphatic hydroxyl groups is 3. The Labute approximate surface area is 724 Å². The van der Waals surface area contributed by atoms with Crippen LogP contribution in [0.1, 0.15) is 185 Å². The first kappa shape index (κ1) is 99.0. The van der Waals surface area contributed by atoms with Gasteiger partial charge in [-0.15, -0.1) is 12.4 Å². The zero-order valence-corrected chi connectivity index (χ0v) is 73.0. The Morgan fingerprint density at radius 3 is 0.959 bits per heavy atom. The third-order valence-electron chi connectivity index (χ3n) is 22.1. The summed E-state index contributed by atoms with van der Waals surface area (Å²) in [5.74, 6) is 0.621. The highest BCUT2D eigenvalue weighted by molar-refractivity contribution is 6.61. The van der Waals surface area contributed by atoms with Gasteiger partial charge in [0.05, 0.1) is 22.8 Å². The highest BCUT2D eigenvalue weighted by Gasteiger charge is 2.49. The Kier molecular flexibility index (Phi) is 41.3. The summed E-state index contributed by atoms with van der Waals surface area (Å²) in [6.45, 7) is 22.6. The Morgan fingerprint density at radius 1 is 0.364 bits per heavy atom. The summed E-state index contributed by atoms with van der Waals surface area (Å²) >= 11 is 4.97. The van der Waals surface area contributed by atoms with Gasteiger partial charge in [-0.05, 0) is 172 Å². The molecule has 9 aliphatic rings. The normalized spacial score (nSPS) is 20.2. The SMILES string of the molecule is CC(C)(C)OC(=O)N1CCCC1.CC(C)(C)OC(=O)N1CCCC1C1(O)CCN(C(=O)OCc2ccccc2)CC1.Cl.O=C(Cl)OCc1ccccc1.O=C(OCc1ccccc1)N1CCC(O)(C2CCCN2)CC1.O=C(OCc1ccccc1)N1CCC(O)(C2CCCN2)CC1.O=C1CCN(C(=O)OCc2ccccc2)CC1.O=C1CCNCC1. The van der Waals surface area contributed by atoms with Crippen LogP contribution in [0.15, 0.2) is 152 Å². The van der Waals surface area contributed by atoms with Crippen LogP contribution in [0.4, 0.5) is 33.6 Å². The molecule has 9 fully saturated rings. The number of piperidine rings is 5. The minimum Gasteiger partial charge on any atom is -0.449 e. The van der Waals surface area contributed by atoms with Crippen LogP contribution in [0, 0.1) is 0 Å². The van der Waals surface area contributed by atoms with Crippen molar-refractivity contribution >= 4 is 77.6 Å². The molecule has 0 aromatic heterocycles. The molecule has 0 aliphatic carbocycles. The molecule has 3 atom stereocenters. The molecule has 0 radical (unpaired) electrons. The van der Waals surface area contributed by atoms with Crippen LogP contribution >= 0.6 is 24.0 Å². The van der Waals surface area contributed by atoms with Crippen molar-refractivity contribution in [3.8, 4) is 0 Å². The number of hydrogen-bond acceptors (Lipinski definition) is 22. The van der Waals surface area contributed by atoms with Crippen LogP contribution < -0.4 is 16.0 Å². The average Bonchev–Trinajstić information content (AvgIpc) is 1.72. The van der Waals surface area contributed by atoms with E-state index in [0.29, 0.717) is 129 Å². The van der Waals surface area contributed by atoms with Crippen molar-refractivity contribution in [1.29, 1.82) is 0 Å². The Balaban J connectivity index is 0.000000201. The van der Waals surface area contributed by atoms with Gasteiger partial charge in [0.1, 0.15) is 55.8 Å². The lowest BCUT2D eigenvalue weighted by atomic mass is 9.83. The summed E-state index contributed by atoms with van der Waals surface area (Å²) in [6, 6.07) is 47.9. The second-order valence-corrected chi connectivity index (χ2v) is 33.9. The van der Waals surface area contributed by atoms with Crippen LogP contribution in [0.2, 0.25) is 0 Å². The maximum absolute atomic E-state index is 12.6. The van der Waals surface area contributed by atoms with E-state index in [0.717, 1.165) is 131 Å². The minimum atomic E-state index is -1.01. The summed E-state index contributed by atoms with van der Waals surface area (Å²) in [6.07, 6.45) is 11.9. The van der Waals surface area contributed by atoms with Crippen molar-refractivity contribution in [3.63, 3.8) is 0 Å². The molecule has 14 rings (SSSR count). The summed E-state index contributed by atoms with van der Waals surface area (Å²) in [5.41, 5.74) is 0.748. The number of carbonyl (C=O) groups is 9. The lowest BCUT2D eigenvalue weighted by Crippen LogP contribution is -2.58. The van der Waals surface area contributed by atoms with Gasteiger partial charge >= 0.3 is 42.0 Å². The molecule has 9 saturated heterocycles. The molecule has 666 valence electrons. The molecule has 9 heterocycles. The molecule has 3 unspecified atom stereocenters. The molecule has 6 N–H and O–H groups in total. The first-order valence-electron chi connectivity index (χ1n) is 42.5. The number of benzene rings is 5. The number of hydrogen-bond donors (Lipinski definition) is 6. The summed E-state index contributed by atoms with van der Waals surface area (Å²) in [7, 11) is 0. The van der Waals surface area contributed by atoms with Crippen LogP contribution in [-0.4, -0.2) is 243 Å². The lowest BCUT2D eigenvalue weighted by molar-refractivity contribution is -0.121. The Morgan fingerprint density at radius 2 is 0.661 bits per heavy atom. The van der Waals surface area contributed by atoms with Crippen molar-refractivity contribution in [2.45, 2.75) is 236 Å². The van der Waals surface area contributed by atoms with Gasteiger partial charge in [0, 0.05) is 134 Å². The minimum absolute atomic E-state index is 0. The van der Waals surface area contributed by atoms with Crippen molar-refractivity contribution in [3.05, 3.63) is 179 Å². The zero-order valence-electron chi connectivity index (χ0n) is 71.4. The molecular formula is C91H129Cl2N9O19. The summed E-state index contributed by atoms with van der Waals surface area (Å²) < 4.78 is 36.6. The summed E-state index contributed by atoms with van der Waals surface area (Å²) in [5, 5.41) is 42.6. The first-order valence-corrected chi connectivity index (χ1v) is 42.9. The van der Waals surface area contributed by atoms with Gasteiger partial charge in [0.2, 0.25) is 0 Å². The van der Waals surface area contributed by atoms with E-state index in [1.165, 1.54) is 0 Å². The number of nitrogens with zero attached hydrogens (tertiary/aromatic N) is 6. The molecule has 6 amide bonds. The summed E-state index contributed by atoms with van der Waals surface area (Å²) in [4.78, 5) is 114. The van der Waals surface area contributed by atoms with Gasteiger partial charge in [-0.2, -0.15) is 0 Å². The molecule has 5 aromatic rings. The van der Waals surface area contributed by atoms with Crippen LogP contribution in [0.25, 0.3) is 0 Å². The molecule has 121 heavy (non-hydrogen) atoms. The monoisotopic (exact) mass is 1720 g/mol. The molecule has 0 spiro atoms. The second kappa shape index (κ2) is 50.5. The predicted molar refractivity (Wildman–Crippen MR) is 461 cm³/mol. The lowest BCUT2D eigenvalue weighted by Gasteiger charge is -2.44. The molecule has 30 heteroatoms.